The zero-order chi connectivity index (χ0) is 26.3. The largest absolute Gasteiger partial charge is 0.459 e. The van der Waals surface area contributed by atoms with Crippen molar-refractivity contribution in [3.05, 3.63) is 58.1 Å². The van der Waals surface area contributed by atoms with E-state index in [1.165, 1.54) is 6.33 Å². The first-order valence-corrected chi connectivity index (χ1v) is 12.4. The molecule has 4 aromatic rings. The van der Waals surface area contributed by atoms with Crippen molar-refractivity contribution in [2.24, 2.45) is 0 Å². The Hall–Kier alpha value is -3.86. The van der Waals surface area contributed by atoms with E-state index in [0.717, 1.165) is 0 Å². The van der Waals surface area contributed by atoms with Gasteiger partial charge in [-0.2, -0.15) is 0 Å². The van der Waals surface area contributed by atoms with Crippen molar-refractivity contribution in [2.45, 2.75) is 39.3 Å². The Kier molecular flexibility index (Phi) is 6.40. The summed E-state index contributed by atoms with van der Waals surface area (Å²) >= 11 is 6.43. The molecule has 1 fully saturated rings. The molecule has 1 unspecified atom stereocenters. The van der Waals surface area contributed by atoms with Crippen molar-refractivity contribution in [3.63, 3.8) is 0 Å². The molecule has 0 radical (unpaired) electrons. The third-order valence-electron chi connectivity index (χ3n) is 6.02. The van der Waals surface area contributed by atoms with Gasteiger partial charge in [0.15, 0.2) is 17.2 Å². The van der Waals surface area contributed by atoms with E-state index in [-0.39, 0.29) is 11.7 Å². The van der Waals surface area contributed by atoms with Crippen molar-refractivity contribution in [3.8, 4) is 0 Å². The first kappa shape index (κ1) is 24.8. The maximum Gasteiger partial charge on any atom is 0.410 e. The van der Waals surface area contributed by atoms with E-state index in [4.69, 9.17) is 25.7 Å². The lowest BCUT2D eigenvalue weighted by atomic mass is 10.2. The minimum absolute atomic E-state index is 0.282. The molecule has 1 N–H and O–H groups in total. The molecule has 1 aromatic carbocycles. The van der Waals surface area contributed by atoms with Gasteiger partial charge in [-0.25, -0.2) is 24.4 Å². The molecular weight excluding hydrogens is 498 g/mol. The number of fused-ring (bicyclic) bond motifs is 2. The molecule has 1 saturated heterocycles. The predicted molar refractivity (Wildman–Crippen MR) is 141 cm³/mol. The van der Waals surface area contributed by atoms with Crippen molar-refractivity contribution in [2.75, 3.05) is 36.5 Å². The first-order chi connectivity index (χ1) is 17.6. The first-order valence-electron chi connectivity index (χ1n) is 12.0. The van der Waals surface area contributed by atoms with Crippen molar-refractivity contribution in [1.29, 1.82) is 0 Å². The Bertz CT molecular complexity index is 1520. The Balaban J connectivity index is 1.50. The maximum absolute atomic E-state index is 13.8. The number of nitrogens with zero attached hydrogens (tertiary/aromatic N) is 6. The molecule has 1 aliphatic rings. The van der Waals surface area contributed by atoms with Crippen LogP contribution < -0.4 is 15.9 Å². The van der Waals surface area contributed by atoms with Crippen LogP contribution in [0.25, 0.3) is 22.0 Å². The molecule has 0 saturated carbocycles. The van der Waals surface area contributed by atoms with Crippen LogP contribution in [0.2, 0.25) is 5.02 Å². The molecule has 4 heterocycles. The monoisotopic (exact) mass is 525 g/mol. The minimum atomic E-state index is -0.584. The average molecular weight is 526 g/mol. The summed E-state index contributed by atoms with van der Waals surface area (Å²) in [5.41, 5.74) is 0.807. The van der Waals surface area contributed by atoms with Gasteiger partial charge in [0.2, 0.25) is 0 Å². The van der Waals surface area contributed by atoms with Crippen molar-refractivity contribution >= 4 is 45.5 Å². The second-order valence-electron chi connectivity index (χ2n) is 9.87. The van der Waals surface area contributed by atoms with E-state index in [0.29, 0.717) is 64.8 Å². The highest BCUT2D eigenvalue weighted by atomic mass is 35.5. The number of hydrogen-bond acceptors (Lipinski definition) is 9. The molecule has 3 aromatic heterocycles. The number of anilines is 1. The quantitative estimate of drug-likeness (QED) is 0.422. The highest BCUT2D eigenvalue weighted by Gasteiger charge is 2.29. The summed E-state index contributed by atoms with van der Waals surface area (Å²) < 4.78 is 12.6. The Morgan fingerprint density at radius 1 is 1.14 bits per heavy atom. The van der Waals surface area contributed by atoms with Crippen LogP contribution in [0.5, 0.6) is 0 Å². The van der Waals surface area contributed by atoms with Gasteiger partial charge in [-0.3, -0.25) is 4.79 Å². The van der Waals surface area contributed by atoms with Gasteiger partial charge < -0.3 is 24.4 Å². The molecular formula is C25H28ClN7O4. The smallest absolute Gasteiger partial charge is 0.410 e. The molecule has 11 nitrogen and oxygen atoms in total. The van der Waals surface area contributed by atoms with Crippen LogP contribution in [0.1, 0.15) is 39.6 Å². The lowest BCUT2D eigenvalue weighted by molar-refractivity contribution is 0.0231. The Morgan fingerprint density at radius 3 is 2.62 bits per heavy atom. The highest BCUT2D eigenvalue weighted by Crippen LogP contribution is 2.26. The average Bonchev–Trinajstić information content (AvgIpc) is 3.33. The van der Waals surface area contributed by atoms with Crippen LogP contribution in [0.15, 0.2) is 46.1 Å². The van der Waals surface area contributed by atoms with Gasteiger partial charge in [0, 0.05) is 19.2 Å². The van der Waals surface area contributed by atoms with Crippen LogP contribution in [0, 0.1) is 0 Å². The van der Waals surface area contributed by atoms with E-state index >= 15 is 0 Å². The van der Waals surface area contributed by atoms with Gasteiger partial charge in [-0.05, 0) is 39.8 Å². The second-order valence-corrected chi connectivity index (χ2v) is 10.3. The van der Waals surface area contributed by atoms with Crippen LogP contribution in [-0.4, -0.2) is 62.4 Å². The molecule has 1 aliphatic heterocycles. The van der Waals surface area contributed by atoms with E-state index < -0.39 is 11.6 Å². The number of amides is 1. The molecule has 1 atom stereocenters. The van der Waals surface area contributed by atoms with Gasteiger partial charge >= 0.3 is 6.09 Å². The fourth-order valence-corrected chi connectivity index (χ4v) is 4.57. The van der Waals surface area contributed by atoms with Crippen molar-refractivity contribution in [1.82, 2.24) is 24.5 Å². The van der Waals surface area contributed by atoms with Crippen LogP contribution in [-0.2, 0) is 4.74 Å². The summed E-state index contributed by atoms with van der Waals surface area (Å²) in [7, 11) is 0. The number of aromatic nitrogens is 4. The highest BCUT2D eigenvalue weighted by molar-refractivity contribution is 6.35. The number of ether oxygens (including phenoxy) is 1. The molecule has 12 heteroatoms. The van der Waals surface area contributed by atoms with Gasteiger partial charge in [0.05, 0.1) is 41.3 Å². The van der Waals surface area contributed by atoms with Crippen LogP contribution in [0.4, 0.5) is 10.6 Å². The number of carbonyl (C=O) groups is 1. The molecule has 1 amide bonds. The van der Waals surface area contributed by atoms with Gasteiger partial charge in [-0.15, -0.1) is 0 Å². The number of hydrogen-bond donors (Lipinski definition) is 1. The number of benzene rings is 1. The SMILES string of the molecule is CC(Nc1ncnc2ccoc12)c1nc2cccc(Cl)c2c(=O)n1N1CCN(C(=O)OC(C)(C)C)CC1. The van der Waals surface area contributed by atoms with Crippen LogP contribution in [0.3, 0.4) is 0 Å². The zero-order valence-corrected chi connectivity index (χ0v) is 21.8. The summed E-state index contributed by atoms with van der Waals surface area (Å²) in [6.07, 6.45) is 2.62. The molecule has 0 bridgehead atoms. The normalized spacial score (nSPS) is 15.3. The number of piperazine rings is 1. The number of nitrogens with one attached hydrogen (secondary N) is 1. The van der Waals surface area contributed by atoms with E-state index in [2.05, 4.69) is 15.3 Å². The number of rotatable bonds is 4. The maximum atomic E-state index is 13.8. The van der Waals surface area contributed by atoms with Gasteiger partial charge in [0.1, 0.15) is 17.4 Å². The topological polar surface area (TPSA) is 119 Å². The summed E-state index contributed by atoms with van der Waals surface area (Å²) in [4.78, 5) is 41.4. The molecule has 5 rings (SSSR count). The number of carbonyl (C=O) groups excluding carboxylic acids is 1. The van der Waals surface area contributed by atoms with Crippen LogP contribution >= 0.6 is 11.6 Å². The number of furan rings is 1. The van der Waals surface area contributed by atoms with E-state index in [9.17, 15) is 9.59 Å². The lowest BCUT2D eigenvalue weighted by Crippen LogP contribution is -2.57. The molecule has 194 valence electrons. The molecule has 0 spiro atoms. The standard InChI is InChI=1S/C25H28ClN7O4/c1-15(29-21-20-18(8-13-36-20)27-14-28-21)22-30-17-7-5-6-16(26)19(17)23(34)33(22)32-11-9-31(10-12-32)24(35)37-25(2,3)4/h5-8,13-15H,9-12H2,1-4H3,(H,27,28,29). The third kappa shape index (κ3) is 4.91. The Morgan fingerprint density at radius 2 is 1.89 bits per heavy atom. The second kappa shape index (κ2) is 9.55. The van der Waals surface area contributed by atoms with Gasteiger partial charge in [0.25, 0.3) is 5.56 Å². The zero-order valence-electron chi connectivity index (χ0n) is 21.1. The lowest BCUT2D eigenvalue weighted by Gasteiger charge is -2.38. The summed E-state index contributed by atoms with van der Waals surface area (Å²) in [5.74, 6) is 0.966. The fourth-order valence-electron chi connectivity index (χ4n) is 4.32. The fraction of sp³-hybridized carbons (Fsp3) is 0.400. The summed E-state index contributed by atoms with van der Waals surface area (Å²) in [5, 5.41) is 5.87. The minimum Gasteiger partial charge on any atom is -0.459 e. The molecule has 0 aliphatic carbocycles. The summed E-state index contributed by atoms with van der Waals surface area (Å²) in [6.45, 7) is 8.99. The third-order valence-corrected chi connectivity index (χ3v) is 6.34. The number of halogens is 1. The van der Waals surface area contributed by atoms with E-state index in [1.54, 1.807) is 40.1 Å². The summed E-state index contributed by atoms with van der Waals surface area (Å²) in [6, 6.07) is 6.51. The van der Waals surface area contributed by atoms with Gasteiger partial charge in [-0.1, -0.05) is 17.7 Å². The Labute approximate surface area is 218 Å². The van der Waals surface area contributed by atoms with E-state index in [1.807, 2.05) is 32.7 Å². The molecule has 37 heavy (non-hydrogen) atoms. The predicted octanol–water partition coefficient (Wildman–Crippen LogP) is 3.95. The van der Waals surface area contributed by atoms with Crippen molar-refractivity contribution < 1.29 is 13.9 Å².